The third-order valence-corrected chi connectivity index (χ3v) is 6.26. The molecule has 1 aliphatic heterocycles. The zero-order valence-corrected chi connectivity index (χ0v) is 20.3. The molecular weight excluding hydrogens is 426 g/mol. The predicted molar refractivity (Wildman–Crippen MR) is 134 cm³/mol. The molecule has 6 nitrogen and oxygen atoms in total. The lowest BCUT2D eigenvalue weighted by Gasteiger charge is -2.31. The summed E-state index contributed by atoms with van der Waals surface area (Å²) in [6, 6.07) is 19.8. The van der Waals surface area contributed by atoms with Crippen molar-refractivity contribution in [3.8, 4) is 17.1 Å². The topological polar surface area (TPSA) is 58.8 Å². The maximum absolute atomic E-state index is 12.6. The van der Waals surface area contributed by atoms with Gasteiger partial charge in [-0.3, -0.25) is 9.69 Å². The number of rotatable bonds is 11. The number of hydrogen-bond acceptors (Lipinski definition) is 6. The summed E-state index contributed by atoms with van der Waals surface area (Å²) in [5.74, 6) is 1.80. The molecule has 0 spiro atoms. The van der Waals surface area contributed by atoms with Crippen molar-refractivity contribution in [1.29, 1.82) is 0 Å². The number of Topliss-reactive ketones (excluding diaryl/α,β-unsaturated/α-hetero) is 1. The van der Waals surface area contributed by atoms with Crippen LogP contribution >= 0.6 is 0 Å². The molecule has 1 fully saturated rings. The smallest absolute Gasteiger partial charge is 0.167 e. The van der Waals surface area contributed by atoms with Crippen molar-refractivity contribution in [3.05, 3.63) is 71.9 Å². The first-order valence-electron chi connectivity index (χ1n) is 12.2. The molecule has 0 unspecified atom stereocenters. The summed E-state index contributed by atoms with van der Waals surface area (Å²) in [4.78, 5) is 17.1. The molecule has 0 saturated carbocycles. The number of likely N-dealkylation sites (tertiary alicyclic amines) is 1. The lowest BCUT2D eigenvalue weighted by atomic mass is 10.0. The van der Waals surface area contributed by atoms with Crippen LogP contribution in [0.1, 0.15) is 48.2 Å². The Labute approximate surface area is 202 Å². The fourth-order valence-corrected chi connectivity index (χ4v) is 4.33. The summed E-state index contributed by atoms with van der Waals surface area (Å²) >= 11 is 0. The highest BCUT2D eigenvalue weighted by atomic mass is 16.5. The molecule has 2 aromatic carbocycles. The summed E-state index contributed by atoms with van der Waals surface area (Å²) in [6.07, 6.45) is 4.61. The molecule has 3 aromatic rings. The lowest BCUT2D eigenvalue weighted by Crippen LogP contribution is -2.37. The van der Waals surface area contributed by atoms with E-state index in [0.29, 0.717) is 6.42 Å². The predicted octanol–water partition coefficient (Wildman–Crippen LogP) is 5.30. The molecule has 6 heteroatoms. The number of carbonyl (C=O) groups excluding carboxylic acids is 1. The van der Waals surface area contributed by atoms with Gasteiger partial charge in [-0.05, 0) is 58.5 Å². The molecule has 0 aliphatic carbocycles. The van der Waals surface area contributed by atoms with Crippen molar-refractivity contribution >= 4 is 5.78 Å². The Bertz CT molecular complexity index is 1040. The summed E-state index contributed by atoms with van der Waals surface area (Å²) in [6.45, 7) is 3.69. The van der Waals surface area contributed by atoms with E-state index in [1.165, 1.54) is 0 Å². The molecule has 180 valence electrons. The van der Waals surface area contributed by atoms with Gasteiger partial charge < -0.3 is 14.2 Å². The Morgan fingerprint density at radius 2 is 1.85 bits per heavy atom. The van der Waals surface area contributed by atoms with Crippen LogP contribution in [0.15, 0.2) is 65.2 Å². The quantitative estimate of drug-likeness (QED) is 0.285. The van der Waals surface area contributed by atoms with E-state index in [1.54, 1.807) is 0 Å². The Kier molecular flexibility index (Phi) is 8.50. The number of aromatic nitrogens is 1. The fourth-order valence-electron chi connectivity index (χ4n) is 4.33. The minimum atomic E-state index is 0.166. The van der Waals surface area contributed by atoms with Gasteiger partial charge in [0.25, 0.3) is 0 Å². The molecule has 1 aliphatic rings. The zero-order valence-electron chi connectivity index (χ0n) is 20.3. The largest absolute Gasteiger partial charge is 0.490 e. The fraction of sp³-hybridized carbons (Fsp3) is 0.429. The van der Waals surface area contributed by atoms with Crippen LogP contribution < -0.4 is 4.74 Å². The number of hydrogen-bond donors (Lipinski definition) is 0. The summed E-state index contributed by atoms with van der Waals surface area (Å²) in [5.41, 5.74) is 2.75. The van der Waals surface area contributed by atoms with Crippen molar-refractivity contribution in [1.82, 2.24) is 15.0 Å². The molecule has 2 heterocycles. The number of benzene rings is 2. The molecule has 34 heavy (non-hydrogen) atoms. The van der Waals surface area contributed by atoms with Crippen LogP contribution in [0.5, 0.6) is 5.75 Å². The monoisotopic (exact) mass is 461 g/mol. The summed E-state index contributed by atoms with van der Waals surface area (Å²) in [7, 11) is 4.12. The van der Waals surface area contributed by atoms with Crippen molar-refractivity contribution in [2.45, 2.75) is 44.8 Å². The number of carbonyl (C=O) groups is 1. The van der Waals surface area contributed by atoms with Crippen molar-refractivity contribution in [3.63, 3.8) is 0 Å². The van der Waals surface area contributed by atoms with E-state index in [4.69, 9.17) is 9.26 Å². The van der Waals surface area contributed by atoms with E-state index in [-0.39, 0.29) is 11.9 Å². The first kappa shape index (κ1) is 24.2. The second kappa shape index (κ2) is 12.0. The van der Waals surface area contributed by atoms with E-state index in [9.17, 15) is 4.79 Å². The van der Waals surface area contributed by atoms with E-state index in [2.05, 4.69) is 29.1 Å². The molecule has 1 aromatic heterocycles. The second-order valence-corrected chi connectivity index (χ2v) is 9.35. The van der Waals surface area contributed by atoms with Gasteiger partial charge in [0, 0.05) is 43.2 Å². The van der Waals surface area contributed by atoms with Crippen molar-refractivity contribution < 1.29 is 14.1 Å². The number of piperidine rings is 1. The van der Waals surface area contributed by atoms with Crippen LogP contribution in [-0.4, -0.2) is 60.6 Å². The van der Waals surface area contributed by atoms with E-state index >= 15 is 0 Å². The molecule has 1 saturated heterocycles. The molecule has 0 radical (unpaired) electrons. The Morgan fingerprint density at radius 3 is 2.62 bits per heavy atom. The number of nitrogens with zero attached hydrogens (tertiary/aromatic N) is 3. The summed E-state index contributed by atoms with van der Waals surface area (Å²) in [5, 5.41) is 4.25. The minimum absolute atomic E-state index is 0.166. The van der Waals surface area contributed by atoms with Crippen LogP contribution in [-0.2, 0) is 6.54 Å². The Balaban J connectivity index is 1.22. The van der Waals surface area contributed by atoms with Gasteiger partial charge >= 0.3 is 0 Å². The highest BCUT2D eigenvalue weighted by Crippen LogP contribution is 2.24. The van der Waals surface area contributed by atoms with Crippen molar-refractivity contribution in [2.75, 3.05) is 33.7 Å². The van der Waals surface area contributed by atoms with Gasteiger partial charge in [0.2, 0.25) is 0 Å². The van der Waals surface area contributed by atoms with Gasteiger partial charge in [-0.1, -0.05) is 47.6 Å². The van der Waals surface area contributed by atoms with E-state index in [1.807, 2.05) is 60.7 Å². The van der Waals surface area contributed by atoms with Gasteiger partial charge in [-0.25, -0.2) is 0 Å². The van der Waals surface area contributed by atoms with Crippen LogP contribution in [0.2, 0.25) is 0 Å². The van der Waals surface area contributed by atoms with Gasteiger partial charge in [0.1, 0.15) is 11.9 Å². The van der Waals surface area contributed by atoms with Crippen LogP contribution in [0, 0.1) is 0 Å². The van der Waals surface area contributed by atoms with Gasteiger partial charge in [-0.15, -0.1) is 0 Å². The Hall–Kier alpha value is -2.96. The lowest BCUT2D eigenvalue weighted by molar-refractivity contribution is 0.0941. The van der Waals surface area contributed by atoms with Gasteiger partial charge in [0.05, 0.1) is 5.69 Å². The first-order chi connectivity index (χ1) is 16.6. The molecule has 0 amide bonds. The van der Waals surface area contributed by atoms with Gasteiger partial charge in [-0.2, -0.15) is 0 Å². The molecule has 0 N–H and O–H groups in total. The molecule has 0 bridgehead atoms. The van der Waals surface area contributed by atoms with Crippen LogP contribution in [0.25, 0.3) is 11.3 Å². The zero-order chi connectivity index (χ0) is 23.8. The number of ether oxygens (including phenoxy) is 1. The molecule has 0 atom stereocenters. The average molecular weight is 462 g/mol. The van der Waals surface area contributed by atoms with Gasteiger partial charge in [0.15, 0.2) is 11.5 Å². The Morgan fingerprint density at radius 1 is 1.06 bits per heavy atom. The third-order valence-electron chi connectivity index (χ3n) is 6.26. The number of ketones is 1. The van der Waals surface area contributed by atoms with E-state index in [0.717, 1.165) is 80.2 Å². The molecular formula is C28H35N3O3. The molecule has 4 rings (SSSR count). The van der Waals surface area contributed by atoms with E-state index < -0.39 is 0 Å². The van der Waals surface area contributed by atoms with Crippen LogP contribution in [0.3, 0.4) is 0 Å². The highest BCUT2D eigenvalue weighted by molar-refractivity contribution is 5.96. The highest BCUT2D eigenvalue weighted by Gasteiger charge is 2.22. The SMILES string of the molecule is CN(C)CCCCC(=O)c1cccc(OC2CCN(Cc3cc(-c4ccccc4)on3)CC2)c1. The summed E-state index contributed by atoms with van der Waals surface area (Å²) < 4.78 is 11.8. The number of unbranched alkanes of at least 4 members (excludes halogenated alkanes) is 1. The standard InChI is InChI=1S/C28H35N3O3/c1-30(2)16-7-6-13-27(32)23-11-8-12-26(19-23)33-25-14-17-31(18-15-25)21-24-20-28(34-29-24)22-9-4-3-5-10-22/h3-5,8-12,19-20,25H,6-7,13-18,21H2,1-2H3. The minimum Gasteiger partial charge on any atom is -0.490 e. The maximum Gasteiger partial charge on any atom is 0.167 e. The third kappa shape index (κ3) is 7.02. The van der Waals surface area contributed by atoms with Crippen LogP contribution in [0.4, 0.5) is 0 Å². The second-order valence-electron chi connectivity index (χ2n) is 9.35. The maximum atomic E-state index is 12.6. The van der Waals surface area contributed by atoms with Crippen molar-refractivity contribution in [2.24, 2.45) is 0 Å². The normalized spacial score (nSPS) is 15.0. The first-order valence-corrected chi connectivity index (χ1v) is 12.2. The average Bonchev–Trinajstić information content (AvgIpc) is 3.32.